The average Bonchev–Trinajstić information content (AvgIpc) is 2.74. The first-order valence-electron chi connectivity index (χ1n) is 9.97. The number of carbonyl (C=O) groups is 1. The van der Waals surface area contributed by atoms with Gasteiger partial charge in [-0.1, -0.05) is 22.9 Å². The Balaban J connectivity index is 2.06. The molecule has 10 heteroatoms. The van der Waals surface area contributed by atoms with E-state index < -0.39 is 5.91 Å². The van der Waals surface area contributed by atoms with Crippen molar-refractivity contribution in [2.24, 2.45) is 10.8 Å². The quantitative estimate of drug-likeness (QED) is 0.292. The summed E-state index contributed by atoms with van der Waals surface area (Å²) in [6.07, 6.45) is 3.01. The molecule has 1 amide bonds. The van der Waals surface area contributed by atoms with Crippen molar-refractivity contribution in [3.63, 3.8) is 0 Å². The van der Waals surface area contributed by atoms with E-state index in [0.29, 0.717) is 46.8 Å². The van der Waals surface area contributed by atoms with E-state index >= 15 is 0 Å². The third-order valence-electron chi connectivity index (χ3n) is 4.36. The van der Waals surface area contributed by atoms with Crippen molar-refractivity contribution < 1.29 is 14.3 Å². The maximum absolute atomic E-state index is 13.1. The second-order valence-corrected chi connectivity index (χ2v) is 8.90. The smallest absolute Gasteiger partial charge is 0.282 e. The third kappa shape index (κ3) is 5.66. The summed E-state index contributed by atoms with van der Waals surface area (Å²) in [4.78, 5) is 28.9. The predicted octanol–water partition coefficient (Wildman–Crippen LogP) is 3.86. The number of benzene rings is 2. The summed E-state index contributed by atoms with van der Waals surface area (Å²) >= 11 is 5.49. The molecule has 1 aromatic heterocycles. The van der Waals surface area contributed by atoms with E-state index in [-0.39, 0.29) is 12.2 Å². The number of rotatable bonds is 9. The van der Waals surface area contributed by atoms with Gasteiger partial charge in [0.1, 0.15) is 5.82 Å². The van der Waals surface area contributed by atoms with Crippen molar-refractivity contribution in [1.29, 1.82) is 0 Å². The highest BCUT2D eigenvalue weighted by Crippen LogP contribution is 2.34. The van der Waals surface area contributed by atoms with Gasteiger partial charge in [-0.15, -0.1) is 0 Å². The van der Waals surface area contributed by atoms with Gasteiger partial charge in [0.25, 0.3) is 11.5 Å². The highest BCUT2D eigenvalue weighted by atomic mass is 127. The number of primary amides is 1. The Morgan fingerprint density at radius 2 is 2.06 bits per heavy atom. The number of aromatic nitrogens is 2. The van der Waals surface area contributed by atoms with Gasteiger partial charge in [-0.25, -0.2) is 4.98 Å². The van der Waals surface area contributed by atoms with Crippen LogP contribution in [0.25, 0.3) is 10.9 Å². The van der Waals surface area contributed by atoms with Crippen molar-refractivity contribution in [2.75, 3.05) is 13.2 Å². The van der Waals surface area contributed by atoms with E-state index in [2.05, 4.69) is 48.6 Å². The average molecular weight is 613 g/mol. The molecule has 0 aliphatic rings. The number of hydrogen-bond acceptors (Lipinski definition) is 6. The van der Waals surface area contributed by atoms with Gasteiger partial charge >= 0.3 is 0 Å². The SMILES string of the molecule is CCCc1nc2ccc(Br)cc2c(=O)n1N=Cc1cc(I)c(OCC(N)=O)c(OCC)c1. The van der Waals surface area contributed by atoms with Crippen LogP contribution in [-0.4, -0.2) is 35.0 Å². The van der Waals surface area contributed by atoms with Gasteiger partial charge in [0.15, 0.2) is 18.1 Å². The fourth-order valence-electron chi connectivity index (χ4n) is 3.03. The molecule has 0 atom stereocenters. The molecule has 0 fully saturated rings. The van der Waals surface area contributed by atoms with Gasteiger partial charge in [0.05, 0.1) is 27.3 Å². The molecule has 8 nitrogen and oxygen atoms in total. The number of amides is 1. The molecule has 32 heavy (non-hydrogen) atoms. The van der Waals surface area contributed by atoms with Crippen molar-refractivity contribution in [3.8, 4) is 11.5 Å². The number of aryl methyl sites for hydroxylation is 1. The standard InChI is InChI=1S/C22H22BrIN4O4/c1-3-5-20-27-17-7-6-14(23)10-15(17)22(30)28(20)26-11-13-8-16(24)21(32-12-19(25)29)18(9-13)31-4-2/h6-11H,3-5,12H2,1-2H3,(H2,25,29). The number of nitrogens with zero attached hydrogens (tertiary/aromatic N) is 3. The Morgan fingerprint density at radius 3 is 2.75 bits per heavy atom. The van der Waals surface area contributed by atoms with Gasteiger partial charge in [-0.3, -0.25) is 9.59 Å². The summed E-state index contributed by atoms with van der Waals surface area (Å²) < 4.78 is 14.0. The molecule has 3 rings (SSSR count). The van der Waals surface area contributed by atoms with Crippen LogP contribution >= 0.6 is 38.5 Å². The van der Waals surface area contributed by atoms with Crippen molar-refractivity contribution >= 4 is 61.5 Å². The van der Waals surface area contributed by atoms with E-state index in [0.717, 1.165) is 14.5 Å². The molecule has 0 bridgehead atoms. The van der Waals surface area contributed by atoms with Crippen molar-refractivity contribution in [2.45, 2.75) is 26.7 Å². The van der Waals surface area contributed by atoms with Crippen LogP contribution in [0.1, 0.15) is 31.7 Å². The van der Waals surface area contributed by atoms with Crippen LogP contribution in [-0.2, 0) is 11.2 Å². The Labute approximate surface area is 207 Å². The van der Waals surface area contributed by atoms with Crippen LogP contribution < -0.4 is 20.8 Å². The Hall–Kier alpha value is -2.47. The highest BCUT2D eigenvalue weighted by molar-refractivity contribution is 14.1. The fraction of sp³-hybridized carbons (Fsp3) is 0.273. The lowest BCUT2D eigenvalue weighted by atomic mass is 10.2. The number of halogens is 2. The van der Waals surface area contributed by atoms with E-state index in [4.69, 9.17) is 15.2 Å². The van der Waals surface area contributed by atoms with Gasteiger partial charge in [0, 0.05) is 10.9 Å². The third-order valence-corrected chi connectivity index (χ3v) is 5.66. The van der Waals surface area contributed by atoms with Gasteiger partial charge in [0.2, 0.25) is 0 Å². The van der Waals surface area contributed by atoms with Crippen molar-refractivity contribution in [3.05, 3.63) is 60.1 Å². The molecule has 2 aromatic carbocycles. The summed E-state index contributed by atoms with van der Waals surface area (Å²) in [5, 5.41) is 4.93. The molecule has 0 unspecified atom stereocenters. The van der Waals surface area contributed by atoms with E-state index in [1.807, 2.05) is 32.0 Å². The van der Waals surface area contributed by atoms with Crippen LogP contribution in [0, 0.1) is 3.57 Å². The van der Waals surface area contributed by atoms with Crippen molar-refractivity contribution in [1.82, 2.24) is 9.66 Å². The lowest BCUT2D eigenvalue weighted by Gasteiger charge is -2.14. The minimum atomic E-state index is -0.577. The molecule has 3 aromatic rings. The Kier molecular flexibility index (Phi) is 8.24. The zero-order valence-electron chi connectivity index (χ0n) is 17.6. The number of nitrogens with two attached hydrogens (primary N) is 1. The minimum Gasteiger partial charge on any atom is -0.490 e. The summed E-state index contributed by atoms with van der Waals surface area (Å²) in [6, 6.07) is 8.97. The maximum atomic E-state index is 13.1. The molecule has 168 valence electrons. The molecular weight excluding hydrogens is 591 g/mol. The second kappa shape index (κ2) is 10.9. The Morgan fingerprint density at radius 1 is 1.28 bits per heavy atom. The lowest BCUT2D eigenvalue weighted by Crippen LogP contribution is -2.22. The lowest BCUT2D eigenvalue weighted by molar-refractivity contribution is -0.119. The van der Waals surface area contributed by atoms with E-state index in [1.165, 1.54) is 4.68 Å². The second-order valence-electron chi connectivity index (χ2n) is 6.82. The first-order valence-corrected chi connectivity index (χ1v) is 11.8. The van der Waals surface area contributed by atoms with Gasteiger partial charge in [-0.05, 0) is 71.8 Å². The minimum absolute atomic E-state index is 0.239. The van der Waals surface area contributed by atoms with E-state index in [9.17, 15) is 9.59 Å². The van der Waals surface area contributed by atoms with Crippen LogP contribution in [0.15, 0.2) is 44.7 Å². The molecule has 2 N–H and O–H groups in total. The summed E-state index contributed by atoms with van der Waals surface area (Å²) in [5.74, 6) is 0.908. The monoisotopic (exact) mass is 612 g/mol. The van der Waals surface area contributed by atoms with Gasteiger partial charge in [-0.2, -0.15) is 9.78 Å². The highest BCUT2D eigenvalue weighted by Gasteiger charge is 2.14. The number of carbonyl (C=O) groups excluding carboxylic acids is 1. The molecule has 1 heterocycles. The summed E-state index contributed by atoms with van der Waals surface area (Å²) in [7, 11) is 0. The largest absolute Gasteiger partial charge is 0.490 e. The van der Waals surface area contributed by atoms with Crippen LogP contribution in [0.4, 0.5) is 0 Å². The zero-order valence-corrected chi connectivity index (χ0v) is 21.3. The molecule has 0 spiro atoms. The van der Waals surface area contributed by atoms with Gasteiger partial charge < -0.3 is 15.2 Å². The number of hydrogen-bond donors (Lipinski definition) is 1. The summed E-state index contributed by atoms with van der Waals surface area (Å²) in [5.41, 5.74) is 6.29. The molecule has 0 saturated heterocycles. The van der Waals surface area contributed by atoms with Crippen LogP contribution in [0.2, 0.25) is 0 Å². The molecule has 0 radical (unpaired) electrons. The zero-order chi connectivity index (χ0) is 23.3. The topological polar surface area (TPSA) is 109 Å². The molecular formula is C22H22BrIN4O4. The van der Waals surface area contributed by atoms with E-state index in [1.54, 1.807) is 18.3 Å². The van der Waals surface area contributed by atoms with Crippen LogP contribution in [0.5, 0.6) is 11.5 Å². The predicted molar refractivity (Wildman–Crippen MR) is 136 cm³/mol. The Bertz CT molecular complexity index is 1240. The summed E-state index contributed by atoms with van der Waals surface area (Å²) in [6.45, 7) is 4.03. The fourth-order valence-corrected chi connectivity index (χ4v) is 4.17. The first kappa shape index (κ1) is 24.2. The molecule has 0 aliphatic carbocycles. The number of fused-ring (bicyclic) bond motifs is 1. The molecule has 0 aliphatic heterocycles. The number of ether oxygens (including phenoxy) is 2. The first-order chi connectivity index (χ1) is 15.3. The normalized spacial score (nSPS) is 11.2. The maximum Gasteiger partial charge on any atom is 0.282 e. The molecule has 0 saturated carbocycles. The van der Waals surface area contributed by atoms with Crippen LogP contribution in [0.3, 0.4) is 0 Å².